The molecule has 1 aliphatic rings. The molecule has 0 aliphatic carbocycles. The fourth-order valence-corrected chi connectivity index (χ4v) is 3.37. The summed E-state index contributed by atoms with van der Waals surface area (Å²) in [5, 5.41) is 9.45. The summed E-state index contributed by atoms with van der Waals surface area (Å²) in [5.74, 6) is -0.707. The van der Waals surface area contributed by atoms with Crippen LogP contribution in [-0.4, -0.2) is 48.7 Å². The first-order chi connectivity index (χ1) is 12.1. The van der Waals surface area contributed by atoms with Gasteiger partial charge < -0.3 is 14.7 Å². The van der Waals surface area contributed by atoms with Gasteiger partial charge in [0.2, 0.25) is 0 Å². The van der Waals surface area contributed by atoms with Crippen LogP contribution >= 0.6 is 0 Å². The molecule has 1 aliphatic heterocycles. The van der Waals surface area contributed by atoms with E-state index < -0.39 is 5.97 Å². The molecule has 1 amide bonds. The maximum absolute atomic E-state index is 13.0. The van der Waals surface area contributed by atoms with Crippen LogP contribution in [0.5, 0.6) is 0 Å². The van der Waals surface area contributed by atoms with Crippen molar-refractivity contribution < 1.29 is 19.4 Å². The van der Waals surface area contributed by atoms with E-state index in [-0.39, 0.29) is 11.5 Å². The van der Waals surface area contributed by atoms with Gasteiger partial charge >= 0.3 is 5.97 Å². The van der Waals surface area contributed by atoms with Gasteiger partial charge in [-0.05, 0) is 29.7 Å². The molecule has 0 aromatic heterocycles. The van der Waals surface area contributed by atoms with Gasteiger partial charge in [0.05, 0.1) is 12.2 Å². The van der Waals surface area contributed by atoms with Crippen molar-refractivity contribution in [1.82, 2.24) is 4.90 Å². The van der Waals surface area contributed by atoms with Crippen LogP contribution in [0, 0.1) is 5.92 Å². The Morgan fingerprint density at radius 3 is 2.32 bits per heavy atom. The SMILES string of the molecule is COCC1CCN(C(=O)c2ccccc2-c2ccccc2C(=O)O)C1. The molecule has 0 bridgehead atoms. The van der Waals surface area contributed by atoms with Crippen molar-refractivity contribution in [3.63, 3.8) is 0 Å². The van der Waals surface area contributed by atoms with Crippen molar-refractivity contribution >= 4 is 11.9 Å². The third kappa shape index (κ3) is 3.56. The molecule has 1 heterocycles. The zero-order valence-corrected chi connectivity index (χ0v) is 14.1. The molecule has 130 valence electrons. The second-order valence-electron chi connectivity index (χ2n) is 6.26. The largest absolute Gasteiger partial charge is 0.478 e. The Bertz CT molecular complexity index is 787. The van der Waals surface area contributed by atoms with E-state index in [1.165, 1.54) is 0 Å². The van der Waals surface area contributed by atoms with E-state index in [1.807, 2.05) is 17.0 Å². The van der Waals surface area contributed by atoms with Crippen LogP contribution in [-0.2, 0) is 4.74 Å². The number of carbonyl (C=O) groups excluding carboxylic acids is 1. The van der Waals surface area contributed by atoms with E-state index in [1.54, 1.807) is 43.5 Å². The van der Waals surface area contributed by atoms with Crippen LogP contribution in [0.15, 0.2) is 48.5 Å². The lowest BCUT2D eigenvalue weighted by Crippen LogP contribution is -2.29. The van der Waals surface area contributed by atoms with Crippen molar-refractivity contribution in [3.8, 4) is 11.1 Å². The van der Waals surface area contributed by atoms with Gasteiger partial charge in [-0.1, -0.05) is 36.4 Å². The molecule has 1 saturated heterocycles. The van der Waals surface area contributed by atoms with Gasteiger partial charge in [-0.15, -0.1) is 0 Å². The van der Waals surface area contributed by atoms with Crippen LogP contribution in [0.2, 0.25) is 0 Å². The van der Waals surface area contributed by atoms with Crippen LogP contribution < -0.4 is 0 Å². The summed E-state index contributed by atoms with van der Waals surface area (Å²) < 4.78 is 5.19. The molecule has 1 fully saturated rings. The number of carboxylic acids is 1. The summed E-state index contributed by atoms with van der Waals surface area (Å²) in [6.07, 6.45) is 0.924. The summed E-state index contributed by atoms with van der Waals surface area (Å²) in [7, 11) is 1.67. The van der Waals surface area contributed by atoms with Crippen molar-refractivity contribution in [2.45, 2.75) is 6.42 Å². The number of hydrogen-bond acceptors (Lipinski definition) is 3. The number of rotatable bonds is 5. The highest BCUT2D eigenvalue weighted by molar-refractivity contribution is 6.04. The van der Waals surface area contributed by atoms with Crippen LogP contribution in [0.4, 0.5) is 0 Å². The first kappa shape index (κ1) is 17.2. The minimum Gasteiger partial charge on any atom is -0.478 e. The Balaban J connectivity index is 1.95. The monoisotopic (exact) mass is 339 g/mol. The van der Waals surface area contributed by atoms with E-state index in [0.717, 1.165) is 6.42 Å². The third-order valence-electron chi connectivity index (χ3n) is 4.58. The minimum absolute atomic E-state index is 0.0607. The highest BCUT2D eigenvalue weighted by atomic mass is 16.5. The van der Waals surface area contributed by atoms with Gasteiger partial charge in [-0.3, -0.25) is 4.79 Å². The second-order valence-corrected chi connectivity index (χ2v) is 6.26. The smallest absolute Gasteiger partial charge is 0.336 e. The molecular weight excluding hydrogens is 318 g/mol. The highest BCUT2D eigenvalue weighted by Gasteiger charge is 2.28. The number of carbonyl (C=O) groups is 2. The molecule has 0 saturated carbocycles. The molecule has 0 spiro atoms. The van der Waals surface area contributed by atoms with Gasteiger partial charge in [0.15, 0.2) is 0 Å². The number of likely N-dealkylation sites (tertiary alicyclic amines) is 1. The molecule has 1 unspecified atom stereocenters. The zero-order chi connectivity index (χ0) is 17.8. The summed E-state index contributed by atoms with van der Waals surface area (Å²) in [6.45, 7) is 2.01. The average Bonchev–Trinajstić information content (AvgIpc) is 3.10. The van der Waals surface area contributed by atoms with Crippen molar-refractivity contribution in [2.75, 3.05) is 26.8 Å². The maximum Gasteiger partial charge on any atom is 0.336 e. The summed E-state index contributed by atoms with van der Waals surface area (Å²) in [6, 6.07) is 14.0. The molecule has 2 aromatic carbocycles. The zero-order valence-electron chi connectivity index (χ0n) is 14.1. The average molecular weight is 339 g/mol. The number of amides is 1. The van der Waals surface area contributed by atoms with Crippen molar-refractivity contribution in [1.29, 1.82) is 0 Å². The Morgan fingerprint density at radius 2 is 1.68 bits per heavy atom. The van der Waals surface area contributed by atoms with E-state index in [0.29, 0.717) is 42.3 Å². The molecule has 1 N–H and O–H groups in total. The fraction of sp³-hybridized carbons (Fsp3) is 0.300. The molecular formula is C20H21NO4. The van der Waals surface area contributed by atoms with E-state index in [2.05, 4.69) is 0 Å². The quantitative estimate of drug-likeness (QED) is 0.909. The number of ether oxygens (including phenoxy) is 1. The topological polar surface area (TPSA) is 66.8 Å². The molecule has 0 radical (unpaired) electrons. The normalized spacial score (nSPS) is 16.8. The molecule has 1 atom stereocenters. The van der Waals surface area contributed by atoms with Gasteiger partial charge in [-0.2, -0.15) is 0 Å². The first-order valence-corrected chi connectivity index (χ1v) is 8.31. The van der Waals surface area contributed by atoms with Gasteiger partial charge in [0.1, 0.15) is 0 Å². The molecule has 5 nitrogen and oxygen atoms in total. The standard InChI is InChI=1S/C20H21NO4/c1-25-13-14-10-11-21(12-14)19(22)17-8-4-2-6-15(17)16-7-3-5-9-18(16)20(23)24/h2-9,14H,10-13H2,1H3,(H,23,24). The molecule has 2 aromatic rings. The van der Waals surface area contributed by atoms with E-state index in [4.69, 9.17) is 4.74 Å². The maximum atomic E-state index is 13.0. The van der Waals surface area contributed by atoms with Gasteiger partial charge in [0, 0.05) is 31.7 Å². The summed E-state index contributed by atoms with van der Waals surface area (Å²) in [5.41, 5.74) is 1.95. The Morgan fingerprint density at radius 1 is 1.08 bits per heavy atom. The Labute approximate surface area is 146 Å². The lowest BCUT2D eigenvalue weighted by atomic mass is 9.95. The van der Waals surface area contributed by atoms with Crippen LogP contribution in [0.3, 0.4) is 0 Å². The molecule has 3 rings (SSSR count). The van der Waals surface area contributed by atoms with Crippen LogP contribution in [0.1, 0.15) is 27.1 Å². The summed E-state index contributed by atoms with van der Waals surface area (Å²) >= 11 is 0. The Kier molecular flexibility index (Phi) is 5.14. The predicted octanol–water partition coefficient (Wildman–Crippen LogP) is 3.16. The number of hydrogen-bond donors (Lipinski definition) is 1. The van der Waals surface area contributed by atoms with Crippen molar-refractivity contribution in [2.24, 2.45) is 5.92 Å². The first-order valence-electron chi connectivity index (χ1n) is 8.31. The van der Waals surface area contributed by atoms with Crippen LogP contribution in [0.25, 0.3) is 11.1 Å². The number of nitrogens with zero attached hydrogens (tertiary/aromatic N) is 1. The second kappa shape index (κ2) is 7.49. The number of aromatic carboxylic acids is 1. The fourth-order valence-electron chi connectivity index (χ4n) is 3.37. The van der Waals surface area contributed by atoms with Gasteiger partial charge in [0.25, 0.3) is 5.91 Å². The van der Waals surface area contributed by atoms with Crippen molar-refractivity contribution in [3.05, 3.63) is 59.7 Å². The van der Waals surface area contributed by atoms with E-state index >= 15 is 0 Å². The lowest BCUT2D eigenvalue weighted by Gasteiger charge is -2.19. The number of methoxy groups -OCH3 is 1. The number of carboxylic acid groups (broad SMARTS) is 1. The number of benzene rings is 2. The predicted molar refractivity (Wildman–Crippen MR) is 94.7 cm³/mol. The van der Waals surface area contributed by atoms with E-state index in [9.17, 15) is 14.7 Å². The minimum atomic E-state index is -1.00. The molecule has 25 heavy (non-hydrogen) atoms. The molecule has 5 heteroatoms. The Hall–Kier alpha value is -2.66. The third-order valence-corrected chi connectivity index (χ3v) is 4.58. The van der Waals surface area contributed by atoms with Gasteiger partial charge in [-0.25, -0.2) is 4.79 Å². The lowest BCUT2D eigenvalue weighted by molar-refractivity contribution is 0.0696. The highest BCUT2D eigenvalue weighted by Crippen LogP contribution is 2.29. The summed E-state index contributed by atoms with van der Waals surface area (Å²) in [4.78, 5) is 26.4.